The number of H-pyrrole nitrogens is 1. The second-order valence-corrected chi connectivity index (χ2v) is 7.55. The molecule has 11 heteroatoms. The molecule has 0 spiro atoms. The molecule has 2 heterocycles. The second-order valence-electron chi connectivity index (χ2n) is 7.55. The summed E-state index contributed by atoms with van der Waals surface area (Å²) in [6.45, 7) is 6.15. The van der Waals surface area contributed by atoms with Crippen molar-refractivity contribution in [2.75, 3.05) is 18.9 Å². The number of esters is 2. The van der Waals surface area contributed by atoms with Crippen molar-refractivity contribution in [2.45, 2.75) is 52.6 Å². The minimum atomic E-state index is -0.720. The first-order valence-corrected chi connectivity index (χ1v) is 10.0. The van der Waals surface area contributed by atoms with Crippen LogP contribution in [0.5, 0.6) is 0 Å². The highest BCUT2D eigenvalue weighted by Gasteiger charge is 2.22. The minimum absolute atomic E-state index is 0.0198. The number of aromatic amines is 1. The summed E-state index contributed by atoms with van der Waals surface area (Å²) in [5.74, 6) is -1.06. The molecule has 0 aliphatic heterocycles. The van der Waals surface area contributed by atoms with Crippen LogP contribution in [0.3, 0.4) is 0 Å². The summed E-state index contributed by atoms with van der Waals surface area (Å²) in [7, 11) is 0. The number of imidazole rings is 1. The summed E-state index contributed by atoms with van der Waals surface area (Å²) < 4.78 is 12.3. The van der Waals surface area contributed by atoms with Crippen LogP contribution in [-0.2, 0) is 25.6 Å². The number of ether oxygens (including phenoxy) is 2. The zero-order valence-corrected chi connectivity index (χ0v) is 17.6. The number of fused-ring (bicyclic) bond motifs is 1. The van der Waals surface area contributed by atoms with Crippen LogP contribution in [0, 0.1) is 11.8 Å². The molecule has 5 N–H and O–H groups in total. The Labute approximate surface area is 174 Å². The average molecular weight is 422 g/mol. The van der Waals surface area contributed by atoms with E-state index in [1.54, 1.807) is 4.57 Å². The molecule has 0 aliphatic carbocycles. The Morgan fingerprint density at radius 3 is 2.70 bits per heavy atom. The summed E-state index contributed by atoms with van der Waals surface area (Å²) in [5.41, 5.74) is 11.5. The van der Waals surface area contributed by atoms with E-state index in [1.165, 1.54) is 6.33 Å². The van der Waals surface area contributed by atoms with Crippen LogP contribution in [0.15, 0.2) is 11.1 Å². The van der Waals surface area contributed by atoms with Crippen LogP contribution in [0.1, 0.15) is 40.0 Å². The number of rotatable bonds is 11. The maximum atomic E-state index is 12.1. The van der Waals surface area contributed by atoms with Gasteiger partial charge in [-0.1, -0.05) is 20.8 Å². The first-order chi connectivity index (χ1) is 14.2. The third-order valence-electron chi connectivity index (χ3n) is 4.64. The summed E-state index contributed by atoms with van der Waals surface area (Å²) >= 11 is 0. The maximum absolute atomic E-state index is 12.1. The molecule has 30 heavy (non-hydrogen) atoms. The first kappa shape index (κ1) is 23.3. The molecule has 2 aromatic heterocycles. The minimum Gasteiger partial charge on any atom is -0.466 e. The lowest BCUT2D eigenvalue weighted by Gasteiger charge is -2.20. The number of carbonyl (C=O) groups is 2. The quantitative estimate of drug-likeness (QED) is 0.438. The fourth-order valence-electron chi connectivity index (χ4n) is 2.79. The Hall–Kier alpha value is -2.95. The third-order valence-corrected chi connectivity index (χ3v) is 4.64. The van der Waals surface area contributed by atoms with Gasteiger partial charge in [-0.15, -0.1) is 0 Å². The number of nitrogen functional groups attached to an aromatic ring is 1. The number of aromatic nitrogens is 4. The van der Waals surface area contributed by atoms with Gasteiger partial charge in [0, 0.05) is 18.9 Å². The molecular weight excluding hydrogens is 392 g/mol. The summed E-state index contributed by atoms with van der Waals surface area (Å²) in [4.78, 5) is 46.3. The molecule has 2 aromatic rings. The van der Waals surface area contributed by atoms with Gasteiger partial charge in [-0.25, -0.2) is 4.98 Å². The lowest BCUT2D eigenvalue weighted by Crippen LogP contribution is -2.38. The van der Waals surface area contributed by atoms with Gasteiger partial charge in [0.25, 0.3) is 5.56 Å². The number of nitrogens with one attached hydrogen (secondary N) is 1. The van der Waals surface area contributed by atoms with Gasteiger partial charge in [-0.3, -0.25) is 19.4 Å². The molecule has 2 atom stereocenters. The highest BCUT2D eigenvalue weighted by molar-refractivity contribution is 5.75. The van der Waals surface area contributed by atoms with Crippen LogP contribution >= 0.6 is 0 Å². The molecule has 0 saturated heterocycles. The Kier molecular flexibility index (Phi) is 8.34. The van der Waals surface area contributed by atoms with Crippen molar-refractivity contribution in [3.8, 4) is 0 Å². The van der Waals surface area contributed by atoms with Crippen molar-refractivity contribution in [3.05, 3.63) is 16.7 Å². The Morgan fingerprint density at radius 1 is 1.30 bits per heavy atom. The molecule has 0 aliphatic rings. The zero-order valence-electron chi connectivity index (χ0n) is 17.6. The number of carbonyl (C=O) groups excluding carboxylic acids is 2. The van der Waals surface area contributed by atoms with E-state index >= 15 is 0 Å². The standard InChI is InChI=1S/C19H30N6O5/c1-4-5-13(26)29-7-6-12(9-30-18(28)14(20)11(2)3)8-25-10-22-15-16(25)23-19(21)24-17(15)27/h10-12,14H,4-9,20H2,1-3H3,(H3,21,23,24,27)/t12?,14-/m0/s1. The van der Waals surface area contributed by atoms with Gasteiger partial charge < -0.3 is 25.5 Å². The van der Waals surface area contributed by atoms with E-state index in [4.69, 9.17) is 20.9 Å². The van der Waals surface area contributed by atoms with E-state index in [1.807, 2.05) is 20.8 Å². The van der Waals surface area contributed by atoms with Crippen molar-refractivity contribution >= 4 is 29.1 Å². The van der Waals surface area contributed by atoms with Crippen molar-refractivity contribution in [1.29, 1.82) is 0 Å². The largest absolute Gasteiger partial charge is 0.466 e. The van der Waals surface area contributed by atoms with Gasteiger partial charge in [-0.2, -0.15) is 4.98 Å². The van der Waals surface area contributed by atoms with Crippen LogP contribution in [-0.4, -0.2) is 50.7 Å². The summed E-state index contributed by atoms with van der Waals surface area (Å²) in [6, 6.07) is -0.720. The number of nitrogens with two attached hydrogens (primary N) is 2. The SMILES string of the molecule is CCCC(=O)OCCC(COC(=O)[C@@H](N)C(C)C)Cn1cnc2c(=O)[nH]c(N)nc21. The number of nitrogens with zero attached hydrogens (tertiary/aromatic N) is 3. The second kappa shape index (κ2) is 10.7. The third kappa shape index (κ3) is 6.28. The molecular formula is C19H30N6O5. The fourth-order valence-corrected chi connectivity index (χ4v) is 2.79. The zero-order chi connectivity index (χ0) is 22.3. The normalized spacial score (nSPS) is 13.4. The van der Waals surface area contributed by atoms with Crippen molar-refractivity contribution < 1.29 is 19.1 Å². The van der Waals surface area contributed by atoms with E-state index < -0.39 is 17.6 Å². The van der Waals surface area contributed by atoms with Gasteiger partial charge in [0.05, 0.1) is 19.5 Å². The summed E-state index contributed by atoms with van der Waals surface area (Å²) in [5, 5.41) is 0. The van der Waals surface area contributed by atoms with Gasteiger partial charge in [0.15, 0.2) is 11.2 Å². The van der Waals surface area contributed by atoms with E-state index in [0.29, 0.717) is 31.5 Å². The summed E-state index contributed by atoms with van der Waals surface area (Å²) in [6.07, 6.45) is 2.97. The molecule has 0 radical (unpaired) electrons. The average Bonchev–Trinajstić information content (AvgIpc) is 3.08. The van der Waals surface area contributed by atoms with Crippen LogP contribution in [0.4, 0.5) is 5.95 Å². The smallest absolute Gasteiger partial charge is 0.323 e. The molecule has 0 saturated carbocycles. The fraction of sp³-hybridized carbons (Fsp3) is 0.632. The molecule has 0 bridgehead atoms. The molecule has 0 amide bonds. The molecule has 0 aromatic carbocycles. The Balaban J connectivity index is 2.11. The van der Waals surface area contributed by atoms with Crippen molar-refractivity contribution in [3.63, 3.8) is 0 Å². The van der Waals surface area contributed by atoms with Gasteiger partial charge in [-0.05, 0) is 18.8 Å². The monoisotopic (exact) mass is 422 g/mol. The number of anilines is 1. The van der Waals surface area contributed by atoms with E-state index in [2.05, 4.69) is 15.0 Å². The topological polar surface area (TPSA) is 168 Å². The molecule has 166 valence electrons. The van der Waals surface area contributed by atoms with Crippen LogP contribution in [0.2, 0.25) is 0 Å². The lowest BCUT2D eigenvalue weighted by atomic mass is 10.1. The van der Waals surface area contributed by atoms with Gasteiger partial charge >= 0.3 is 11.9 Å². The number of hydrogen-bond donors (Lipinski definition) is 3. The van der Waals surface area contributed by atoms with Gasteiger partial charge in [0.1, 0.15) is 6.04 Å². The highest BCUT2D eigenvalue weighted by Crippen LogP contribution is 2.14. The number of hydrogen-bond acceptors (Lipinski definition) is 9. The van der Waals surface area contributed by atoms with Crippen molar-refractivity contribution in [1.82, 2.24) is 19.5 Å². The predicted octanol–water partition coefficient (Wildman–Crippen LogP) is 0.578. The highest BCUT2D eigenvalue weighted by atomic mass is 16.5. The maximum Gasteiger partial charge on any atom is 0.323 e. The Morgan fingerprint density at radius 2 is 2.03 bits per heavy atom. The van der Waals surface area contributed by atoms with E-state index in [-0.39, 0.29) is 42.5 Å². The molecule has 0 fully saturated rings. The van der Waals surface area contributed by atoms with Crippen LogP contribution < -0.4 is 17.0 Å². The first-order valence-electron chi connectivity index (χ1n) is 10.0. The van der Waals surface area contributed by atoms with Crippen LogP contribution in [0.25, 0.3) is 11.2 Å². The van der Waals surface area contributed by atoms with E-state index in [9.17, 15) is 14.4 Å². The van der Waals surface area contributed by atoms with E-state index in [0.717, 1.165) is 0 Å². The van der Waals surface area contributed by atoms with Gasteiger partial charge in [0.2, 0.25) is 5.95 Å². The van der Waals surface area contributed by atoms with Crippen molar-refractivity contribution in [2.24, 2.45) is 17.6 Å². The molecule has 1 unspecified atom stereocenters. The Bertz CT molecular complexity index is 922. The molecule has 11 nitrogen and oxygen atoms in total. The predicted molar refractivity (Wildman–Crippen MR) is 110 cm³/mol. The molecule has 2 rings (SSSR count). The lowest BCUT2D eigenvalue weighted by molar-refractivity contribution is -0.149.